The molecule has 0 atom stereocenters. The molecule has 3 rings (SSSR count). The third-order valence-electron chi connectivity index (χ3n) is 7.32. The second-order valence-corrected chi connectivity index (χ2v) is 12.1. The molecule has 1 saturated heterocycles. The van der Waals surface area contributed by atoms with Gasteiger partial charge in [0.2, 0.25) is 11.8 Å². The second-order valence-electron chi connectivity index (χ2n) is 11.7. The molecule has 1 fully saturated rings. The second kappa shape index (κ2) is 10.5. The molecule has 0 bridgehead atoms. The number of nitrogens with zero attached hydrogens (tertiary/aromatic N) is 3. The van der Waals surface area contributed by atoms with Gasteiger partial charge in [-0.3, -0.25) is 19.4 Å². The van der Waals surface area contributed by atoms with Crippen LogP contribution in [0.4, 0.5) is 11.4 Å². The predicted octanol–water partition coefficient (Wildman–Crippen LogP) is 6.82. The quantitative estimate of drug-likeness (QED) is 0.309. The fourth-order valence-corrected chi connectivity index (χ4v) is 6.55. The highest BCUT2D eigenvalue weighted by Gasteiger charge is 2.58. The highest BCUT2D eigenvalue weighted by Crippen LogP contribution is 2.46. The molecule has 37 heavy (non-hydrogen) atoms. The molecular weight excluding hydrogens is 481 g/mol. The Hall–Kier alpha value is -2.31. The molecule has 199 valence electrons. The Kier molecular flexibility index (Phi) is 8.27. The largest absolute Gasteiger partial charge is 0.386 e. The molecule has 1 aliphatic heterocycles. The van der Waals surface area contributed by atoms with Crippen molar-refractivity contribution in [1.82, 2.24) is 4.81 Å². The minimum atomic E-state index is -1.28. The van der Waals surface area contributed by atoms with E-state index in [4.69, 9.17) is 11.5 Å². The Bertz CT molecular complexity index is 1090. The van der Waals surface area contributed by atoms with Crippen molar-refractivity contribution in [3.05, 3.63) is 63.7 Å². The molecule has 0 saturated carbocycles. The maximum Gasteiger partial charge on any atom is 0.386 e. The number of carbonyl (C=O) groups excluding carboxylic acids is 2. The molecular formula is C30H42BClN3O2. The molecule has 0 unspecified atom stereocenters. The Morgan fingerprint density at radius 2 is 1.00 bits per heavy atom. The van der Waals surface area contributed by atoms with E-state index in [-0.39, 0.29) is 23.9 Å². The van der Waals surface area contributed by atoms with Crippen LogP contribution in [-0.4, -0.2) is 35.0 Å². The molecule has 0 aliphatic carbocycles. The van der Waals surface area contributed by atoms with Gasteiger partial charge in [0.1, 0.15) is 5.41 Å². The summed E-state index contributed by atoms with van der Waals surface area (Å²) >= 11 is 7.40. The third kappa shape index (κ3) is 5.07. The minimum Gasteiger partial charge on any atom is -0.321 e. The predicted molar refractivity (Wildman–Crippen MR) is 157 cm³/mol. The number of anilines is 2. The average Bonchev–Trinajstić information content (AvgIpc) is 2.73. The summed E-state index contributed by atoms with van der Waals surface area (Å²) in [6, 6.07) is 8.96. The fourth-order valence-electron chi connectivity index (χ4n) is 5.91. The molecule has 7 heteroatoms. The van der Waals surface area contributed by atoms with Gasteiger partial charge in [-0.05, 0) is 89.7 Å². The van der Waals surface area contributed by atoms with Crippen molar-refractivity contribution in [2.75, 3.05) is 9.80 Å². The summed E-state index contributed by atoms with van der Waals surface area (Å²) in [6.45, 7) is 24.0. The standard InChI is InChI=1S/C30H42BClN3O2/c1-17(2)35(18(3)4)31(32)29-33(25-21(7)13-19(5)14-22(25)8)27(36)30(11,12)28(37)34(29)26-23(9)15-20(6)16-24(26)10/h13-18H,1-12H3. The van der Waals surface area contributed by atoms with Gasteiger partial charge in [-0.1, -0.05) is 63.1 Å². The van der Waals surface area contributed by atoms with E-state index in [9.17, 15) is 9.59 Å². The number of amides is 2. The monoisotopic (exact) mass is 522 g/mol. The molecule has 0 aromatic heterocycles. The zero-order chi connectivity index (χ0) is 28.1. The third-order valence-corrected chi connectivity index (χ3v) is 7.74. The van der Waals surface area contributed by atoms with E-state index >= 15 is 0 Å². The van der Waals surface area contributed by atoms with Crippen molar-refractivity contribution in [3.8, 4) is 0 Å². The van der Waals surface area contributed by atoms with Gasteiger partial charge in [-0.25, -0.2) is 0 Å². The van der Waals surface area contributed by atoms with Gasteiger partial charge in [-0.15, -0.1) is 0 Å². The number of rotatable bonds is 6. The van der Waals surface area contributed by atoms with Crippen LogP contribution in [0, 0.1) is 53.0 Å². The van der Waals surface area contributed by atoms with Crippen LogP contribution in [-0.2, 0) is 9.59 Å². The molecule has 1 heterocycles. The first-order valence-electron chi connectivity index (χ1n) is 13.2. The van der Waals surface area contributed by atoms with E-state index in [1.807, 2.05) is 27.7 Å². The number of hydrogen-bond donors (Lipinski definition) is 0. The summed E-state index contributed by atoms with van der Waals surface area (Å²) in [5.41, 5.74) is 6.41. The van der Waals surface area contributed by atoms with E-state index in [1.54, 1.807) is 23.6 Å². The van der Waals surface area contributed by atoms with E-state index in [2.05, 4.69) is 70.6 Å². The fraction of sp³-hybridized carbons (Fsp3) is 0.500. The van der Waals surface area contributed by atoms with Crippen LogP contribution in [0.3, 0.4) is 0 Å². The average molecular weight is 523 g/mol. The number of aryl methyl sites for hydroxylation is 6. The van der Waals surface area contributed by atoms with Crippen LogP contribution in [0.25, 0.3) is 0 Å². The summed E-state index contributed by atoms with van der Waals surface area (Å²) in [6.07, 6.45) is -0.732. The van der Waals surface area contributed by atoms with Crippen molar-refractivity contribution < 1.29 is 9.59 Å². The Balaban J connectivity index is 2.45. The lowest BCUT2D eigenvalue weighted by molar-refractivity contribution is -0.139. The normalized spacial score (nSPS) is 16.5. The van der Waals surface area contributed by atoms with Gasteiger partial charge >= 0.3 is 6.26 Å². The first-order chi connectivity index (χ1) is 17.0. The Morgan fingerprint density at radius 3 is 1.27 bits per heavy atom. The van der Waals surface area contributed by atoms with Crippen LogP contribution in [0.15, 0.2) is 24.3 Å². The van der Waals surface area contributed by atoms with Gasteiger partial charge in [-0.2, -0.15) is 11.5 Å². The van der Waals surface area contributed by atoms with Crippen LogP contribution >= 0.6 is 11.5 Å². The molecule has 0 spiro atoms. The first kappa shape index (κ1) is 29.3. The maximum absolute atomic E-state index is 14.3. The highest BCUT2D eigenvalue weighted by molar-refractivity contribution is 7.09. The minimum absolute atomic E-state index is 0.0827. The van der Waals surface area contributed by atoms with E-state index in [0.717, 1.165) is 44.8 Å². The van der Waals surface area contributed by atoms with Gasteiger partial charge < -0.3 is 4.81 Å². The van der Waals surface area contributed by atoms with Gasteiger partial charge in [0, 0.05) is 0 Å². The molecule has 2 aromatic rings. The summed E-state index contributed by atoms with van der Waals surface area (Å²) in [4.78, 5) is 34.2. The van der Waals surface area contributed by atoms with E-state index in [1.165, 1.54) is 0 Å². The smallest absolute Gasteiger partial charge is 0.321 e. The molecule has 1 radical (unpaired) electrons. The lowest BCUT2D eigenvalue weighted by Gasteiger charge is -2.52. The molecule has 1 aliphatic rings. The van der Waals surface area contributed by atoms with Crippen molar-refractivity contribution in [3.63, 3.8) is 0 Å². The number of benzene rings is 2. The zero-order valence-corrected chi connectivity index (χ0v) is 25.3. The summed E-state index contributed by atoms with van der Waals surface area (Å²) in [5, 5.41) is 0. The van der Waals surface area contributed by atoms with Gasteiger partial charge in [0.25, 0.3) is 0 Å². The van der Waals surface area contributed by atoms with Gasteiger partial charge in [0.15, 0.2) is 6.07 Å². The number of carbonyl (C=O) groups is 2. The number of hydrogen-bond acceptors (Lipinski definition) is 3. The Labute approximate surface area is 229 Å². The van der Waals surface area contributed by atoms with Crippen molar-refractivity contribution in [1.29, 1.82) is 0 Å². The number of halogens is 1. The first-order valence-corrected chi connectivity index (χ1v) is 13.6. The lowest BCUT2D eigenvalue weighted by atomic mass is 9.72. The Morgan fingerprint density at radius 1 is 0.703 bits per heavy atom. The van der Waals surface area contributed by atoms with Crippen LogP contribution in [0.1, 0.15) is 74.9 Å². The molecule has 0 N–H and O–H groups in total. The van der Waals surface area contributed by atoms with Crippen molar-refractivity contribution in [2.24, 2.45) is 5.41 Å². The highest BCUT2D eigenvalue weighted by atomic mass is 35.5. The van der Waals surface area contributed by atoms with Crippen LogP contribution in [0.2, 0.25) is 0 Å². The molecule has 5 nitrogen and oxygen atoms in total. The molecule has 2 aromatic carbocycles. The van der Waals surface area contributed by atoms with Crippen molar-refractivity contribution in [2.45, 2.75) is 95.2 Å². The molecule has 2 amide bonds. The van der Waals surface area contributed by atoms with E-state index in [0.29, 0.717) is 6.07 Å². The van der Waals surface area contributed by atoms with Gasteiger partial charge in [0.05, 0.1) is 11.4 Å². The van der Waals surface area contributed by atoms with Crippen LogP contribution < -0.4 is 9.80 Å². The van der Waals surface area contributed by atoms with E-state index < -0.39 is 11.7 Å². The summed E-state index contributed by atoms with van der Waals surface area (Å²) in [7, 11) is 0. The summed E-state index contributed by atoms with van der Waals surface area (Å²) in [5.74, 6) is -0.529. The summed E-state index contributed by atoms with van der Waals surface area (Å²) < 4.78 is 0. The topological polar surface area (TPSA) is 43.9 Å². The lowest BCUT2D eigenvalue weighted by Crippen LogP contribution is -2.69. The SMILES string of the molecule is Cc1cc(C)c(N2[C](B(Cl)N(C(C)C)C(C)C)N(c3c(C)cc(C)cc3C)C(=O)C(C)(C)C2=O)c(C)c1. The maximum atomic E-state index is 14.3. The van der Waals surface area contributed by atoms with Crippen molar-refractivity contribution >= 4 is 40.9 Å². The van der Waals surface area contributed by atoms with Crippen LogP contribution in [0.5, 0.6) is 0 Å². The zero-order valence-electron chi connectivity index (χ0n) is 24.6.